The van der Waals surface area contributed by atoms with Crippen LogP contribution >= 0.6 is 0 Å². The van der Waals surface area contributed by atoms with Gasteiger partial charge in [0.1, 0.15) is 0 Å². The van der Waals surface area contributed by atoms with Gasteiger partial charge in [-0.1, -0.05) is 25.8 Å². The van der Waals surface area contributed by atoms with Crippen molar-refractivity contribution in [2.75, 3.05) is 11.9 Å². The third kappa shape index (κ3) is 4.44. The molecule has 0 aromatic heterocycles. The summed E-state index contributed by atoms with van der Waals surface area (Å²) < 4.78 is 0. The van der Waals surface area contributed by atoms with Gasteiger partial charge in [-0.25, -0.2) is 0 Å². The van der Waals surface area contributed by atoms with Gasteiger partial charge in [0.15, 0.2) is 0 Å². The smallest absolute Gasteiger partial charge is 0.271 e. The minimum Gasteiger partial charge on any atom is -0.376 e. The van der Waals surface area contributed by atoms with Crippen molar-refractivity contribution >= 4 is 17.3 Å². The Morgan fingerprint density at radius 2 is 2.14 bits per heavy atom. The number of nitro benzene ring substituents is 1. The van der Waals surface area contributed by atoms with Crippen molar-refractivity contribution in [3.05, 3.63) is 34.4 Å². The van der Waals surface area contributed by atoms with E-state index in [0.29, 0.717) is 11.6 Å². The number of amides is 1. The number of carbonyl (C=O) groups excluding carboxylic acids is 1. The highest BCUT2D eigenvalue weighted by Crippen LogP contribution is 2.23. The first kappa shape index (κ1) is 15.3. The van der Waals surface area contributed by atoms with Crippen molar-refractivity contribution in [3.63, 3.8) is 0 Å². The lowest BCUT2D eigenvalue weighted by molar-refractivity contribution is -0.384. The summed E-state index contributed by atoms with van der Waals surface area (Å²) >= 11 is 0. The van der Waals surface area contributed by atoms with Gasteiger partial charge in [-0.2, -0.15) is 0 Å². The second kappa shape index (κ2) is 7.06. The first-order valence-corrected chi connectivity index (χ1v) is 7.34. The van der Waals surface area contributed by atoms with Gasteiger partial charge in [0.2, 0.25) is 5.91 Å². The number of rotatable bonds is 5. The molecule has 114 valence electrons. The van der Waals surface area contributed by atoms with Crippen LogP contribution in [-0.4, -0.2) is 23.4 Å². The zero-order valence-electron chi connectivity index (χ0n) is 12.2. The molecule has 2 N–H and O–H groups in total. The van der Waals surface area contributed by atoms with Crippen LogP contribution in [0.1, 0.15) is 32.6 Å². The second-order valence-corrected chi connectivity index (χ2v) is 5.60. The number of benzene rings is 1. The summed E-state index contributed by atoms with van der Waals surface area (Å²) in [6.45, 7) is 2.29. The Balaban J connectivity index is 1.83. The van der Waals surface area contributed by atoms with Crippen molar-refractivity contribution in [1.82, 2.24) is 5.32 Å². The number of nitrogens with one attached hydrogen (secondary N) is 2. The average molecular weight is 291 g/mol. The van der Waals surface area contributed by atoms with Gasteiger partial charge in [0.25, 0.3) is 5.69 Å². The second-order valence-electron chi connectivity index (χ2n) is 5.60. The summed E-state index contributed by atoms with van der Waals surface area (Å²) in [5.74, 6) is 0.445. The highest BCUT2D eigenvalue weighted by atomic mass is 16.6. The molecule has 0 unspecified atom stereocenters. The Hall–Kier alpha value is -2.11. The molecule has 0 saturated heterocycles. The molecule has 1 aliphatic carbocycles. The fourth-order valence-electron chi connectivity index (χ4n) is 2.70. The number of carbonyl (C=O) groups is 1. The number of nitrogens with zero attached hydrogens (tertiary/aromatic N) is 1. The molecular weight excluding hydrogens is 270 g/mol. The molecule has 1 aromatic carbocycles. The summed E-state index contributed by atoms with van der Waals surface area (Å²) in [4.78, 5) is 22.2. The molecule has 0 heterocycles. The molecule has 0 bridgehead atoms. The summed E-state index contributed by atoms with van der Waals surface area (Å²) in [5, 5.41) is 16.7. The van der Waals surface area contributed by atoms with E-state index in [9.17, 15) is 14.9 Å². The molecular formula is C15H21N3O3. The zero-order chi connectivity index (χ0) is 15.2. The van der Waals surface area contributed by atoms with Gasteiger partial charge in [-0.05, 0) is 24.8 Å². The van der Waals surface area contributed by atoms with Crippen molar-refractivity contribution in [1.29, 1.82) is 0 Å². The van der Waals surface area contributed by atoms with E-state index in [1.165, 1.54) is 18.6 Å². The number of anilines is 1. The molecule has 21 heavy (non-hydrogen) atoms. The molecule has 1 saturated carbocycles. The number of nitro groups is 1. The molecule has 1 fully saturated rings. The van der Waals surface area contributed by atoms with Crippen molar-refractivity contribution < 1.29 is 9.72 Å². The quantitative estimate of drug-likeness (QED) is 0.645. The SMILES string of the molecule is C[C@H]1CCCC[C@H]1NC(=O)CNc1cccc([N+](=O)[O-])c1. The maximum Gasteiger partial charge on any atom is 0.271 e. The maximum absolute atomic E-state index is 11.9. The maximum atomic E-state index is 11.9. The molecule has 0 radical (unpaired) electrons. The monoisotopic (exact) mass is 291 g/mol. The lowest BCUT2D eigenvalue weighted by atomic mass is 9.86. The van der Waals surface area contributed by atoms with Gasteiger partial charge >= 0.3 is 0 Å². The van der Waals surface area contributed by atoms with Crippen molar-refractivity contribution in [2.45, 2.75) is 38.6 Å². The van der Waals surface area contributed by atoms with Gasteiger partial charge in [-0.15, -0.1) is 0 Å². The largest absolute Gasteiger partial charge is 0.376 e. The van der Waals surface area contributed by atoms with Gasteiger partial charge in [0.05, 0.1) is 11.5 Å². The Labute approximate surface area is 124 Å². The molecule has 6 nitrogen and oxygen atoms in total. The molecule has 0 spiro atoms. The predicted molar refractivity (Wildman–Crippen MR) is 81.1 cm³/mol. The standard InChI is InChI=1S/C15H21N3O3/c1-11-5-2-3-8-14(11)17-15(19)10-16-12-6-4-7-13(9-12)18(20)21/h4,6-7,9,11,14,16H,2-3,5,8,10H2,1H3,(H,17,19)/t11-,14+/m0/s1. The van der Waals surface area contributed by atoms with Gasteiger partial charge in [0, 0.05) is 23.9 Å². The van der Waals surface area contributed by atoms with E-state index >= 15 is 0 Å². The van der Waals surface area contributed by atoms with Crippen LogP contribution < -0.4 is 10.6 Å². The van der Waals surface area contributed by atoms with Crippen LogP contribution in [0.3, 0.4) is 0 Å². The Kier molecular flexibility index (Phi) is 5.14. The zero-order valence-corrected chi connectivity index (χ0v) is 12.2. The van der Waals surface area contributed by atoms with Crippen LogP contribution in [0.4, 0.5) is 11.4 Å². The highest BCUT2D eigenvalue weighted by Gasteiger charge is 2.22. The van der Waals surface area contributed by atoms with Crippen molar-refractivity contribution in [2.24, 2.45) is 5.92 Å². The summed E-state index contributed by atoms with van der Waals surface area (Å²) in [7, 11) is 0. The highest BCUT2D eigenvalue weighted by molar-refractivity contribution is 5.81. The fraction of sp³-hybridized carbons (Fsp3) is 0.533. The molecule has 1 amide bonds. The topological polar surface area (TPSA) is 84.3 Å². The Morgan fingerprint density at radius 3 is 2.86 bits per heavy atom. The molecule has 2 atom stereocenters. The average Bonchev–Trinajstić information content (AvgIpc) is 2.48. The molecule has 6 heteroatoms. The van der Waals surface area contributed by atoms with E-state index in [-0.39, 0.29) is 24.2 Å². The number of hydrogen-bond donors (Lipinski definition) is 2. The first-order chi connectivity index (χ1) is 10.1. The fourth-order valence-corrected chi connectivity index (χ4v) is 2.70. The summed E-state index contributed by atoms with van der Waals surface area (Å²) in [6, 6.07) is 6.41. The van der Waals surface area contributed by atoms with Crippen molar-refractivity contribution in [3.8, 4) is 0 Å². The lowest BCUT2D eigenvalue weighted by Gasteiger charge is -2.29. The van der Waals surface area contributed by atoms with E-state index < -0.39 is 4.92 Å². The summed E-state index contributed by atoms with van der Waals surface area (Å²) in [5.41, 5.74) is 0.595. The van der Waals surface area contributed by atoms with Crippen LogP contribution in [-0.2, 0) is 4.79 Å². The molecule has 2 rings (SSSR count). The van der Waals surface area contributed by atoms with Gasteiger partial charge in [-0.3, -0.25) is 14.9 Å². The molecule has 0 aliphatic heterocycles. The van der Waals surface area contributed by atoms with Crippen LogP contribution in [0.2, 0.25) is 0 Å². The lowest BCUT2D eigenvalue weighted by Crippen LogP contribution is -2.43. The van der Waals surface area contributed by atoms with E-state index in [1.807, 2.05) is 0 Å². The third-order valence-electron chi connectivity index (χ3n) is 3.97. The number of non-ortho nitro benzene ring substituents is 1. The van der Waals surface area contributed by atoms with Crippen LogP contribution in [0.25, 0.3) is 0 Å². The van der Waals surface area contributed by atoms with Crippen LogP contribution in [0.15, 0.2) is 24.3 Å². The van der Waals surface area contributed by atoms with E-state index in [2.05, 4.69) is 17.6 Å². The summed E-state index contributed by atoms with van der Waals surface area (Å²) in [6.07, 6.45) is 4.58. The number of hydrogen-bond acceptors (Lipinski definition) is 4. The predicted octanol–water partition coefficient (Wildman–Crippen LogP) is 2.70. The van der Waals surface area contributed by atoms with Crippen LogP contribution in [0, 0.1) is 16.0 Å². The van der Waals surface area contributed by atoms with E-state index in [0.717, 1.165) is 19.3 Å². The van der Waals surface area contributed by atoms with E-state index in [1.54, 1.807) is 12.1 Å². The Morgan fingerprint density at radius 1 is 1.38 bits per heavy atom. The molecule has 1 aromatic rings. The first-order valence-electron chi connectivity index (χ1n) is 7.34. The minimum absolute atomic E-state index is 0.0151. The Bertz CT molecular complexity index is 519. The van der Waals surface area contributed by atoms with E-state index in [4.69, 9.17) is 0 Å². The molecule has 1 aliphatic rings. The third-order valence-corrected chi connectivity index (χ3v) is 3.97. The van der Waals surface area contributed by atoms with Gasteiger partial charge < -0.3 is 10.6 Å². The minimum atomic E-state index is -0.449. The normalized spacial score (nSPS) is 21.6. The van der Waals surface area contributed by atoms with Crippen LogP contribution in [0.5, 0.6) is 0 Å².